The first-order valence-corrected chi connectivity index (χ1v) is 9.80. The van der Waals surface area contributed by atoms with Crippen LogP contribution in [0.4, 0.5) is 0 Å². The number of aryl methyl sites for hydroxylation is 1. The molecule has 0 aromatic carbocycles. The van der Waals surface area contributed by atoms with Gasteiger partial charge in [-0.15, -0.1) is 0 Å². The molecule has 25 heavy (non-hydrogen) atoms. The Morgan fingerprint density at radius 1 is 1.32 bits per heavy atom. The molecule has 1 fully saturated rings. The first-order chi connectivity index (χ1) is 12.2. The van der Waals surface area contributed by atoms with E-state index in [1.807, 2.05) is 19.3 Å². The highest BCUT2D eigenvalue weighted by Crippen LogP contribution is 2.28. The topological polar surface area (TPSA) is 49.6 Å². The van der Waals surface area contributed by atoms with Crippen LogP contribution in [0.15, 0.2) is 34.2 Å². The SMILES string of the molecule is CCC(CC)C1CCN(C(=NC)NCCCCn2ccccc2=O)C1. The van der Waals surface area contributed by atoms with Gasteiger partial charge in [0.15, 0.2) is 5.96 Å². The van der Waals surface area contributed by atoms with Crippen LogP contribution in [-0.2, 0) is 6.54 Å². The van der Waals surface area contributed by atoms with Gasteiger partial charge in [-0.25, -0.2) is 0 Å². The van der Waals surface area contributed by atoms with E-state index in [2.05, 4.69) is 29.1 Å². The minimum Gasteiger partial charge on any atom is -0.356 e. The summed E-state index contributed by atoms with van der Waals surface area (Å²) < 4.78 is 1.77. The highest BCUT2D eigenvalue weighted by Gasteiger charge is 2.29. The van der Waals surface area contributed by atoms with Crippen LogP contribution in [0, 0.1) is 11.8 Å². The Bertz CT molecular complexity index is 591. The lowest BCUT2D eigenvalue weighted by Crippen LogP contribution is -2.40. The number of guanidine groups is 1. The lowest BCUT2D eigenvalue weighted by Gasteiger charge is -2.24. The van der Waals surface area contributed by atoms with Crippen LogP contribution in [0.2, 0.25) is 0 Å². The summed E-state index contributed by atoms with van der Waals surface area (Å²) in [4.78, 5) is 18.5. The van der Waals surface area contributed by atoms with Crippen molar-refractivity contribution in [1.29, 1.82) is 0 Å². The minimum absolute atomic E-state index is 0.0794. The Balaban J connectivity index is 1.71. The minimum atomic E-state index is 0.0794. The summed E-state index contributed by atoms with van der Waals surface area (Å²) >= 11 is 0. The van der Waals surface area contributed by atoms with E-state index in [0.717, 1.165) is 56.8 Å². The third-order valence-electron chi connectivity index (χ3n) is 5.46. The third-order valence-corrected chi connectivity index (χ3v) is 5.46. The molecule has 1 saturated heterocycles. The average Bonchev–Trinajstić information content (AvgIpc) is 3.10. The number of unbranched alkanes of at least 4 members (excludes halogenated alkanes) is 1. The van der Waals surface area contributed by atoms with E-state index >= 15 is 0 Å². The zero-order chi connectivity index (χ0) is 18.1. The number of nitrogens with zero attached hydrogens (tertiary/aromatic N) is 3. The van der Waals surface area contributed by atoms with Gasteiger partial charge in [-0.05, 0) is 37.2 Å². The summed E-state index contributed by atoms with van der Waals surface area (Å²) in [6, 6.07) is 5.31. The van der Waals surface area contributed by atoms with Gasteiger partial charge in [-0.2, -0.15) is 0 Å². The van der Waals surface area contributed by atoms with Gasteiger partial charge in [0, 0.05) is 45.5 Å². The quantitative estimate of drug-likeness (QED) is 0.447. The number of nitrogens with one attached hydrogen (secondary N) is 1. The highest BCUT2D eigenvalue weighted by molar-refractivity contribution is 5.80. The van der Waals surface area contributed by atoms with Crippen molar-refractivity contribution in [2.75, 3.05) is 26.7 Å². The molecule has 1 aromatic rings. The molecule has 0 radical (unpaired) electrons. The molecular formula is C20H34N4O. The number of aromatic nitrogens is 1. The summed E-state index contributed by atoms with van der Waals surface area (Å²) in [7, 11) is 1.87. The highest BCUT2D eigenvalue weighted by atomic mass is 16.1. The normalized spacial score (nSPS) is 18.2. The molecule has 1 N–H and O–H groups in total. The Morgan fingerprint density at radius 2 is 2.12 bits per heavy atom. The fourth-order valence-electron chi connectivity index (χ4n) is 3.90. The maximum absolute atomic E-state index is 11.7. The average molecular weight is 347 g/mol. The molecule has 0 spiro atoms. The second-order valence-electron chi connectivity index (χ2n) is 6.98. The van der Waals surface area contributed by atoms with Crippen molar-refractivity contribution in [3.8, 4) is 0 Å². The van der Waals surface area contributed by atoms with E-state index in [-0.39, 0.29) is 5.56 Å². The fraction of sp³-hybridized carbons (Fsp3) is 0.700. The van der Waals surface area contributed by atoms with Crippen molar-refractivity contribution in [2.24, 2.45) is 16.8 Å². The van der Waals surface area contributed by atoms with Crippen LogP contribution in [0.5, 0.6) is 0 Å². The molecule has 0 aliphatic carbocycles. The van der Waals surface area contributed by atoms with Gasteiger partial charge < -0.3 is 14.8 Å². The van der Waals surface area contributed by atoms with E-state index in [0.29, 0.717) is 0 Å². The smallest absolute Gasteiger partial charge is 0.250 e. The van der Waals surface area contributed by atoms with Gasteiger partial charge in [0.1, 0.15) is 0 Å². The molecule has 5 heteroatoms. The molecule has 2 heterocycles. The predicted octanol–water partition coefficient (Wildman–Crippen LogP) is 2.96. The summed E-state index contributed by atoms with van der Waals surface area (Å²) in [5.41, 5.74) is 0.0794. The molecule has 2 rings (SSSR count). The monoisotopic (exact) mass is 346 g/mol. The van der Waals surface area contributed by atoms with Crippen LogP contribution < -0.4 is 10.9 Å². The largest absolute Gasteiger partial charge is 0.356 e. The number of hydrogen-bond donors (Lipinski definition) is 1. The fourth-order valence-corrected chi connectivity index (χ4v) is 3.90. The van der Waals surface area contributed by atoms with Crippen LogP contribution in [0.1, 0.15) is 46.0 Å². The number of pyridine rings is 1. The molecule has 1 aromatic heterocycles. The standard InChI is InChI=1S/C20H34N4O/c1-4-17(5-2)18-11-15-24(16-18)20(21-3)22-12-7-9-14-23-13-8-6-10-19(23)25/h6,8,10,13,17-18H,4-5,7,9,11-12,14-16H2,1-3H3,(H,21,22). The van der Waals surface area contributed by atoms with E-state index in [9.17, 15) is 4.79 Å². The molecule has 1 aliphatic heterocycles. The first kappa shape index (κ1) is 19.5. The number of rotatable bonds is 8. The second kappa shape index (κ2) is 10.3. The zero-order valence-electron chi connectivity index (χ0n) is 16.1. The van der Waals surface area contributed by atoms with E-state index < -0.39 is 0 Å². The number of likely N-dealkylation sites (tertiary alicyclic amines) is 1. The summed E-state index contributed by atoms with van der Waals surface area (Å²) in [6.07, 6.45) is 7.72. The van der Waals surface area contributed by atoms with Gasteiger partial charge in [0.2, 0.25) is 5.56 Å². The van der Waals surface area contributed by atoms with Crippen LogP contribution in [0.3, 0.4) is 0 Å². The Morgan fingerprint density at radius 3 is 2.80 bits per heavy atom. The van der Waals surface area contributed by atoms with Gasteiger partial charge in [-0.3, -0.25) is 9.79 Å². The summed E-state index contributed by atoms with van der Waals surface area (Å²) in [5, 5.41) is 3.50. The van der Waals surface area contributed by atoms with Crippen molar-refractivity contribution >= 4 is 5.96 Å². The Kier molecular flexibility index (Phi) is 8.02. The number of hydrogen-bond acceptors (Lipinski definition) is 2. The Labute approximate surface area is 152 Å². The molecule has 1 atom stereocenters. The van der Waals surface area contributed by atoms with Gasteiger partial charge in [-0.1, -0.05) is 32.8 Å². The summed E-state index contributed by atoms with van der Waals surface area (Å²) in [5.74, 6) is 2.68. The van der Waals surface area contributed by atoms with E-state index in [4.69, 9.17) is 0 Å². The maximum atomic E-state index is 11.7. The second-order valence-corrected chi connectivity index (χ2v) is 6.98. The van der Waals surface area contributed by atoms with Crippen LogP contribution in [-0.4, -0.2) is 42.1 Å². The van der Waals surface area contributed by atoms with Crippen molar-refractivity contribution in [1.82, 2.24) is 14.8 Å². The molecule has 0 bridgehead atoms. The van der Waals surface area contributed by atoms with Crippen molar-refractivity contribution < 1.29 is 0 Å². The third kappa shape index (κ3) is 5.62. The molecular weight excluding hydrogens is 312 g/mol. The van der Waals surface area contributed by atoms with E-state index in [1.54, 1.807) is 16.7 Å². The van der Waals surface area contributed by atoms with Crippen LogP contribution >= 0.6 is 0 Å². The molecule has 5 nitrogen and oxygen atoms in total. The van der Waals surface area contributed by atoms with Crippen molar-refractivity contribution in [3.63, 3.8) is 0 Å². The van der Waals surface area contributed by atoms with E-state index in [1.165, 1.54) is 19.3 Å². The number of aliphatic imine (C=N–C) groups is 1. The summed E-state index contributed by atoms with van der Waals surface area (Å²) in [6.45, 7) is 8.54. The maximum Gasteiger partial charge on any atom is 0.250 e. The van der Waals surface area contributed by atoms with Crippen molar-refractivity contribution in [2.45, 2.75) is 52.5 Å². The molecule has 1 unspecified atom stereocenters. The molecule has 0 amide bonds. The molecule has 0 saturated carbocycles. The lowest BCUT2D eigenvalue weighted by molar-refractivity contribution is 0.319. The zero-order valence-corrected chi connectivity index (χ0v) is 16.1. The molecule has 1 aliphatic rings. The lowest BCUT2D eigenvalue weighted by atomic mass is 9.87. The predicted molar refractivity (Wildman–Crippen MR) is 105 cm³/mol. The van der Waals surface area contributed by atoms with Crippen molar-refractivity contribution in [3.05, 3.63) is 34.7 Å². The Hall–Kier alpha value is -1.78. The molecule has 140 valence electrons. The first-order valence-electron chi connectivity index (χ1n) is 9.80. The van der Waals surface area contributed by atoms with Crippen LogP contribution in [0.25, 0.3) is 0 Å². The van der Waals surface area contributed by atoms with Gasteiger partial charge in [0.25, 0.3) is 0 Å². The van der Waals surface area contributed by atoms with Gasteiger partial charge in [0.05, 0.1) is 0 Å². The van der Waals surface area contributed by atoms with Gasteiger partial charge >= 0.3 is 0 Å².